The highest BCUT2D eigenvalue weighted by molar-refractivity contribution is 5.97. The maximum absolute atomic E-state index is 11.9. The Morgan fingerprint density at radius 1 is 1.05 bits per heavy atom. The SMILES string of the molecule is CCC(CO)NC(=O)c1ccc(C(=O)NC(C)C)cc1. The van der Waals surface area contributed by atoms with Gasteiger partial charge in [-0.15, -0.1) is 0 Å². The van der Waals surface area contributed by atoms with Crippen LogP contribution in [-0.2, 0) is 0 Å². The average molecular weight is 278 g/mol. The first-order chi connectivity index (χ1) is 9.47. The minimum atomic E-state index is -0.248. The summed E-state index contributed by atoms with van der Waals surface area (Å²) in [5.41, 5.74) is 0.988. The van der Waals surface area contributed by atoms with Crippen LogP contribution in [0.3, 0.4) is 0 Å². The Kier molecular flexibility index (Phi) is 6.18. The molecule has 1 rings (SSSR count). The van der Waals surface area contributed by atoms with Gasteiger partial charge in [-0.1, -0.05) is 6.92 Å². The number of aliphatic hydroxyl groups excluding tert-OH is 1. The van der Waals surface area contributed by atoms with Gasteiger partial charge in [-0.3, -0.25) is 9.59 Å². The van der Waals surface area contributed by atoms with E-state index in [2.05, 4.69) is 10.6 Å². The molecule has 0 bridgehead atoms. The molecule has 0 heterocycles. The lowest BCUT2D eigenvalue weighted by atomic mass is 10.1. The Hall–Kier alpha value is -1.88. The van der Waals surface area contributed by atoms with Crippen LogP contribution in [0.1, 0.15) is 47.9 Å². The topological polar surface area (TPSA) is 78.4 Å². The van der Waals surface area contributed by atoms with Crippen molar-refractivity contribution in [1.82, 2.24) is 10.6 Å². The summed E-state index contributed by atoms with van der Waals surface area (Å²) in [7, 11) is 0. The van der Waals surface area contributed by atoms with Crippen molar-refractivity contribution in [1.29, 1.82) is 0 Å². The van der Waals surface area contributed by atoms with E-state index in [9.17, 15) is 9.59 Å². The molecule has 0 spiro atoms. The van der Waals surface area contributed by atoms with E-state index in [0.717, 1.165) is 0 Å². The molecule has 0 aromatic heterocycles. The van der Waals surface area contributed by atoms with E-state index in [4.69, 9.17) is 5.11 Å². The highest BCUT2D eigenvalue weighted by Gasteiger charge is 2.12. The van der Waals surface area contributed by atoms with E-state index in [1.165, 1.54) is 0 Å². The predicted octanol–water partition coefficient (Wildman–Crippen LogP) is 1.33. The molecule has 5 heteroatoms. The molecule has 5 nitrogen and oxygen atoms in total. The molecule has 0 saturated carbocycles. The Balaban J connectivity index is 2.71. The summed E-state index contributed by atoms with van der Waals surface area (Å²) in [4.78, 5) is 23.7. The summed E-state index contributed by atoms with van der Waals surface area (Å²) >= 11 is 0. The molecule has 1 aromatic carbocycles. The Morgan fingerprint density at radius 2 is 1.50 bits per heavy atom. The zero-order valence-electron chi connectivity index (χ0n) is 12.1. The molecular weight excluding hydrogens is 256 g/mol. The van der Waals surface area contributed by atoms with Crippen molar-refractivity contribution in [3.63, 3.8) is 0 Å². The van der Waals surface area contributed by atoms with Crippen LogP contribution in [0.4, 0.5) is 0 Å². The summed E-state index contributed by atoms with van der Waals surface area (Å²) in [6.45, 7) is 5.58. The summed E-state index contributed by atoms with van der Waals surface area (Å²) in [5.74, 6) is -0.407. The van der Waals surface area contributed by atoms with Crippen LogP contribution in [-0.4, -0.2) is 35.6 Å². The van der Waals surface area contributed by atoms with E-state index in [-0.39, 0.29) is 30.5 Å². The first-order valence-corrected chi connectivity index (χ1v) is 6.80. The molecule has 3 N–H and O–H groups in total. The third-order valence-corrected chi connectivity index (χ3v) is 2.88. The van der Waals surface area contributed by atoms with E-state index in [0.29, 0.717) is 17.5 Å². The molecule has 0 fully saturated rings. The molecular formula is C15H22N2O3. The number of rotatable bonds is 6. The van der Waals surface area contributed by atoms with Gasteiger partial charge in [0, 0.05) is 17.2 Å². The van der Waals surface area contributed by atoms with Crippen molar-refractivity contribution in [3.8, 4) is 0 Å². The first-order valence-electron chi connectivity index (χ1n) is 6.80. The second-order valence-corrected chi connectivity index (χ2v) is 4.97. The quantitative estimate of drug-likeness (QED) is 0.734. The Morgan fingerprint density at radius 3 is 1.85 bits per heavy atom. The molecule has 0 aliphatic heterocycles. The van der Waals surface area contributed by atoms with E-state index in [1.807, 2.05) is 20.8 Å². The zero-order chi connectivity index (χ0) is 15.1. The normalized spacial score (nSPS) is 12.1. The molecule has 0 radical (unpaired) electrons. The monoisotopic (exact) mass is 278 g/mol. The van der Waals surface area contributed by atoms with Crippen LogP contribution in [0.25, 0.3) is 0 Å². The van der Waals surface area contributed by atoms with Crippen LogP contribution in [0, 0.1) is 0 Å². The summed E-state index contributed by atoms with van der Waals surface area (Å²) in [6, 6.07) is 6.27. The summed E-state index contributed by atoms with van der Waals surface area (Å²) in [6.07, 6.45) is 0.664. The van der Waals surface area contributed by atoms with Crippen LogP contribution in [0.5, 0.6) is 0 Å². The third kappa shape index (κ3) is 4.66. The van der Waals surface area contributed by atoms with Gasteiger partial charge >= 0.3 is 0 Å². The van der Waals surface area contributed by atoms with Crippen LogP contribution in [0.15, 0.2) is 24.3 Å². The molecule has 1 atom stereocenters. The number of benzene rings is 1. The second-order valence-electron chi connectivity index (χ2n) is 4.97. The van der Waals surface area contributed by atoms with Crippen LogP contribution >= 0.6 is 0 Å². The minimum Gasteiger partial charge on any atom is -0.394 e. The minimum absolute atomic E-state index is 0.0698. The van der Waals surface area contributed by atoms with Crippen LogP contribution in [0.2, 0.25) is 0 Å². The first kappa shape index (κ1) is 16.2. The van der Waals surface area contributed by atoms with Gasteiger partial charge < -0.3 is 15.7 Å². The second kappa shape index (κ2) is 7.65. The predicted molar refractivity (Wildman–Crippen MR) is 77.7 cm³/mol. The lowest BCUT2D eigenvalue weighted by molar-refractivity contribution is 0.0910. The average Bonchev–Trinajstić information content (AvgIpc) is 2.43. The Bertz CT molecular complexity index is 451. The largest absolute Gasteiger partial charge is 0.394 e. The van der Waals surface area contributed by atoms with Crippen molar-refractivity contribution >= 4 is 11.8 Å². The number of nitrogens with one attached hydrogen (secondary N) is 2. The fraction of sp³-hybridized carbons (Fsp3) is 0.467. The van der Waals surface area contributed by atoms with Crippen molar-refractivity contribution in [2.24, 2.45) is 0 Å². The summed E-state index contributed by atoms with van der Waals surface area (Å²) < 4.78 is 0. The third-order valence-electron chi connectivity index (χ3n) is 2.88. The fourth-order valence-corrected chi connectivity index (χ4v) is 1.66. The van der Waals surface area contributed by atoms with E-state index < -0.39 is 0 Å². The molecule has 2 amide bonds. The Labute approximate surface area is 119 Å². The molecule has 0 aliphatic rings. The molecule has 0 aliphatic carbocycles. The number of hydrogen-bond acceptors (Lipinski definition) is 3. The van der Waals surface area contributed by atoms with Gasteiger partial charge in [0.25, 0.3) is 11.8 Å². The molecule has 110 valence electrons. The van der Waals surface area contributed by atoms with Gasteiger partial charge in [0.15, 0.2) is 0 Å². The van der Waals surface area contributed by atoms with Crippen molar-refractivity contribution in [3.05, 3.63) is 35.4 Å². The fourth-order valence-electron chi connectivity index (χ4n) is 1.66. The van der Waals surface area contributed by atoms with Crippen molar-refractivity contribution in [2.75, 3.05) is 6.61 Å². The number of aliphatic hydroxyl groups is 1. The van der Waals surface area contributed by atoms with Gasteiger partial charge in [0.1, 0.15) is 0 Å². The van der Waals surface area contributed by atoms with Crippen molar-refractivity contribution < 1.29 is 14.7 Å². The van der Waals surface area contributed by atoms with Gasteiger partial charge in [-0.25, -0.2) is 0 Å². The highest BCUT2D eigenvalue weighted by Crippen LogP contribution is 2.06. The van der Waals surface area contributed by atoms with Gasteiger partial charge in [0.05, 0.1) is 12.6 Å². The number of carbonyl (C=O) groups is 2. The van der Waals surface area contributed by atoms with Gasteiger partial charge in [-0.2, -0.15) is 0 Å². The molecule has 1 aromatic rings. The van der Waals surface area contributed by atoms with Gasteiger partial charge in [0.2, 0.25) is 0 Å². The van der Waals surface area contributed by atoms with Gasteiger partial charge in [-0.05, 0) is 44.5 Å². The maximum atomic E-state index is 11.9. The smallest absolute Gasteiger partial charge is 0.251 e. The van der Waals surface area contributed by atoms with E-state index in [1.54, 1.807) is 24.3 Å². The standard InChI is InChI=1S/C15H22N2O3/c1-4-13(9-18)17-15(20)12-7-5-11(6-8-12)14(19)16-10(2)3/h5-8,10,13,18H,4,9H2,1-3H3,(H,16,19)(H,17,20). The maximum Gasteiger partial charge on any atom is 0.251 e. The van der Waals surface area contributed by atoms with Crippen molar-refractivity contribution in [2.45, 2.75) is 39.3 Å². The van der Waals surface area contributed by atoms with E-state index >= 15 is 0 Å². The summed E-state index contributed by atoms with van der Waals surface area (Å²) in [5, 5.41) is 14.6. The lowest BCUT2D eigenvalue weighted by Gasteiger charge is -2.14. The lowest BCUT2D eigenvalue weighted by Crippen LogP contribution is -2.37. The van der Waals surface area contributed by atoms with Crippen LogP contribution < -0.4 is 10.6 Å². The molecule has 20 heavy (non-hydrogen) atoms. The zero-order valence-corrected chi connectivity index (χ0v) is 12.1. The highest BCUT2D eigenvalue weighted by atomic mass is 16.3. The number of amides is 2. The number of carbonyl (C=O) groups excluding carboxylic acids is 2. The number of hydrogen-bond donors (Lipinski definition) is 3. The molecule has 1 unspecified atom stereocenters. The molecule has 0 saturated heterocycles.